The summed E-state index contributed by atoms with van der Waals surface area (Å²) in [5.41, 5.74) is 7.60. The normalized spacial score (nSPS) is 12.0. The number of benzene rings is 1. The lowest BCUT2D eigenvalue weighted by molar-refractivity contribution is -0.0212. The summed E-state index contributed by atoms with van der Waals surface area (Å²) in [5, 5.41) is 0. The minimum absolute atomic E-state index is 0.295. The van der Waals surface area contributed by atoms with Crippen molar-refractivity contribution < 1.29 is 9.47 Å². The lowest BCUT2D eigenvalue weighted by Gasteiger charge is -2.25. The van der Waals surface area contributed by atoms with E-state index in [0.29, 0.717) is 25.7 Å². The van der Waals surface area contributed by atoms with Gasteiger partial charge in [0.2, 0.25) is 5.95 Å². The molecule has 0 amide bonds. The van der Waals surface area contributed by atoms with Gasteiger partial charge in [-0.05, 0) is 39.3 Å². The van der Waals surface area contributed by atoms with Gasteiger partial charge in [0.25, 0.3) is 0 Å². The highest BCUT2D eigenvalue weighted by Gasteiger charge is 2.22. The molecule has 5 heteroatoms. The molecule has 0 atom stereocenters. The maximum absolute atomic E-state index is 6.09. The Kier molecular flexibility index (Phi) is 4.73. The summed E-state index contributed by atoms with van der Waals surface area (Å²) in [6, 6.07) is 5.92. The molecular weight excluding hydrogens is 266 g/mol. The molecule has 0 spiro atoms. The van der Waals surface area contributed by atoms with E-state index in [1.807, 2.05) is 29.7 Å². The first kappa shape index (κ1) is 15.6. The van der Waals surface area contributed by atoms with Crippen molar-refractivity contribution in [1.82, 2.24) is 9.55 Å². The maximum Gasteiger partial charge on any atom is 0.201 e. The second-order valence-corrected chi connectivity index (χ2v) is 5.72. The second-order valence-electron chi connectivity index (χ2n) is 5.72. The number of hydrogen-bond donors (Lipinski definition) is 1. The van der Waals surface area contributed by atoms with E-state index in [1.165, 1.54) is 0 Å². The van der Waals surface area contributed by atoms with E-state index in [1.54, 1.807) is 0 Å². The van der Waals surface area contributed by atoms with Crippen molar-refractivity contribution in [3.05, 3.63) is 18.2 Å². The molecular formula is C16H25N3O2. The number of nitrogen functional groups attached to an aromatic ring is 1. The van der Waals surface area contributed by atoms with Gasteiger partial charge in [-0.3, -0.25) is 0 Å². The van der Waals surface area contributed by atoms with Crippen molar-refractivity contribution >= 4 is 17.0 Å². The van der Waals surface area contributed by atoms with Gasteiger partial charge in [-0.1, -0.05) is 13.0 Å². The van der Waals surface area contributed by atoms with Crippen LogP contribution in [0.3, 0.4) is 0 Å². The summed E-state index contributed by atoms with van der Waals surface area (Å²) in [5.74, 6) is 1.28. The number of aromatic nitrogens is 2. The molecule has 1 aromatic carbocycles. The molecule has 0 fully saturated rings. The first-order chi connectivity index (χ1) is 9.98. The van der Waals surface area contributed by atoms with Crippen molar-refractivity contribution in [3.63, 3.8) is 0 Å². The summed E-state index contributed by atoms with van der Waals surface area (Å²) in [4.78, 5) is 4.47. The van der Waals surface area contributed by atoms with Crippen molar-refractivity contribution in [2.45, 2.75) is 46.3 Å². The first-order valence-electron chi connectivity index (χ1n) is 7.50. The van der Waals surface area contributed by atoms with E-state index >= 15 is 0 Å². The fraction of sp³-hybridized carbons (Fsp3) is 0.562. The number of anilines is 1. The minimum atomic E-state index is -0.295. The van der Waals surface area contributed by atoms with Crippen LogP contribution in [0.2, 0.25) is 0 Å². The van der Waals surface area contributed by atoms with Crippen LogP contribution in [0.15, 0.2) is 18.2 Å². The van der Waals surface area contributed by atoms with Gasteiger partial charge in [0.15, 0.2) is 0 Å². The quantitative estimate of drug-likeness (QED) is 0.850. The van der Waals surface area contributed by atoms with Crippen LogP contribution in [0, 0.1) is 0 Å². The van der Waals surface area contributed by atoms with Gasteiger partial charge in [-0.15, -0.1) is 0 Å². The Morgan fingerprint density at radius 3 is 2.71 bits per heavy atom. The summed E-state index contributed by atoms with van der Waals surface area (Å²) in [6.07, 6.45) is 0.962. The topological polar surface area (TPSA) is 62.3 Å². The highest BCUT2D eigenvalue weighted by atomic mass is 16.5. The van der Waals surface area contributed by atoms with Crippen LogP contribution < -0.4 is 10.5 Å². The molecule has 21 heavy (non-hydrogen) atoms. The number of nitrogens with two attached hydrogens (primary N) is 1. The van der Waals surface area contributed by atoms with Crippen molar-refractivity contribution in [3.8, 4) is 5.75 Å². The van der Waals surface area contributed by atoms with Gasteiger partial charge >= 0.3 is 0 Å². The van der Waals surface area contributed by atoms with Gasteiger partial charge in [0, 0.05) is 6.61 Å². The summed E-state index contributed by atoms with van der Waals surface area (Å²) < 4.78 is 13.5. The Labute approximate surface area is 126 Å². The molecule has 0 aliphatic carbocycles. The minimum Gasteiger partial charge on any atom is -0.491 e. The molecule has 1 aromatic heterocycles. The zero-order valence-corrected chi connectivity index (χ0v) is 13.3. The average Bonchev–Trinajstić information content (AvgIpc) is 2.73. The Balaban J connectivity index is 2.39. The molecule has 0 aliphatic heterocycles. The highest BCUT2D eigenvalue weighted by Crippen LogP contribution is 2.29. The Bertz CT molecular complexity index is 605. The predicted molar refractivity (Wildman–Crippen MR) is 85.6 cm³/mol. The van der Waals surface area contributed by atoms with E-state index in [-0.39, 0.29) is 5.60 Å². The van der Waals surface area contributed by atoms with E-state index in [4.69, 9.17) is 15.2 Å². The van der Waals surface area contributed by atoms with Crippen molar-refractivity contribution in [1.29, 1.82) is 0 Å². The van der Waals surface area contributed by atoms with Crippen LogP contribution in [0.1, 0.15) is 34.1 Å². The SMILES string of the molecule is CCCOc1cccc2c1nc(N)n2CC(C)(C)OCC. The van der Waals surface area contributed by atoms with Crippen LogP contribution in [0.5, 0.6) is 5.75 Å². The number of imidazole rings is 1. The number of ether oxygens (including phenoxy) is 2. The largest absolute Gasteiger partial charge is 0.491 e. The van der Waals surface area contributed by atoms with Gasteiger partial charge in [0.05, 0.1) is 24.3 Å². The molecule has 2 aromatic rings. The van der Waals surface area contributed by atoms with Crippen molar-refractivity contribution in [2.24, 2.45) is 0 Å². The van der Waals surface area contributed by atoms with Crippen LogP contribution in [-0.4, -0.2) is 28.4 Å². The number of hydrogen-bond acceptors (Lipinski definition) is 4. The van der Waals surface area contributed by atoms with Gasteiger partial charge < -0.3 is 19.8 Å². The summed E-state index contributed by atoms with van der Waals surface area (Å²) in [7, 11) is 0. The second kappa shape index (κ2) is 6.35. The molecule has 0 bridgehead atoms. The lowest BCUT2D eigenvalue weighted by atomic mass is 10.1. The standard InChI is InChI=1S/C16H25N3O2/c1-5-10-20-13-9-7-8-12-14(13)18-15(17)19(12)11-16(3,4)21-6-2/h7-9H,5-6,10-11H2,1-4H3,(H2,17,18). The molecule has 0 aliphatic rings. The first-order valence-corrected chi connectivity index (χ1v) is 7.50. The third kappa shape index (κ3) is 3.47. The molecule has 5 nitrogen and oxygen atoms in total. The third-order valence-electron chi connectivity index (χ3n) is 3.31. The Morgan fingerprint density at radius 1 is 1.29 bits per heavy atom. The number of nitrogens with zero attached hydrogens (tertiary/aromatic N) is 2. The Hall–Kier alpha value is -1.75. The van der Waals surface area contributed by atoms with Crippen molar-refractivity contribution in [2.75, 3.05) is 18.9 Å². The zero-order valence-electron chi connectivity index (χ0n) is 13.3. The highest BCUT2D eigenvalue weighted by molar-refractivity contribution is 5.84. The van der Waals surface area contributed by atoms with Crippen LogP contribution >= 0.6 is 0 Å². The molecule has 116 valence electrons. The fourth-order valence-corrected chi connectivity index (χ4v) is 2.45. The van der Waals surface area contributed by atoms with Crippen LogP contribution in [0.25, 0.3) is 11.0 Å². The number of rotatable bonds is 7. The van der Waals surface area contributed by atoms with E-state index in [9.17, 15) is 0 Å². The third-order valence-corrected chi connectivity index (χ3v) is 3.31. The Morgan fingerprint density at radius 2 is 2.05 bits per heavy atom. The molecule has 0 unspecified atom stereocenters. The molecule has 0 saturated heterocycles. The molecule has 0 radical (unpaired) electrons. The summed E-state index contributed by atoms with van der Waals surface area (Å²) in [6.45, 7) is 10.2. The fourth-order valence-electron chi connectivity index (χ4n) is 2.45. The average molecular weight is 291 g/mol. The molecule has 2 rings (SSSR count). The van der Waals surface area contributed by atoms with Gasteiger partial charge in [-0.2, -0.15) is 0 Å². The van der Waals surface area contributed by atoms with E-state index < -0.39 is 0 Å². The van der Waals surface area contributed by atoms with Crippen LogP contribution in [-0.2, 0) is 11.3 Å². The van der Waals surface area contributed by atoms with E-state index in [0.717, 1.165) is 23.2 Å². The maximum atomic E-state index is 6.09. The van der Waals surface area contributed by atoms with Gasteiger partial charge in [-0.25, -0.2) is 4.98 Å². The predicted octanol–water partition coefficient (Wildman–Crippen LogP) is 3.22. The smallest absolute Gasteiger partial charge is 0.201 e. The van der Waals surface area contributed by atoms with Crippen LogP contribution in [0.4, 0.5) is 5.95 Å². The number of para-hydroxylation sites is 1. The number of fused-ring (bicyclic) bond motifs is 1. The monoisotopic (exact) mass is 291 g/mol. The molecule has 2 N–H and O–H groups in total. The summed E-state index contributed by atoms with van der Waals surface area (Å²) >= 11 is 0. The lowest BCUT2D eigenvalue weighted by Crippen LogP contribution is -2.31. The van der Waals surface area contributed by atoms with E-state index in [2.05, 4.69) is 25.8 Å². The van der Waals surface area contributed by atoms with Gasteiger partial charge in [0.1, 0.15) is 11.3 Å². The molecule has 0 saturated carbocycles. The molecule has 1 heterocycles. The zero-order chi connectivity index (χ0) is 15.5.